The third kappa shape index (κ3) is 3.12. The summed E-state index contributed by atoms with van der Waals surface area (Å²) in [4.78, 5) is 6.63. The summed E-state index contributed by atoms with van der Waals surface area (Å²) < 4.78 is 36.9. The van der Waals surface area contributed by atoms with Crippen molar-refractivity contribution in [3.63, 3.8) is 0 Å². The molecule has 0 amide bonds. The first kappa shape index (κ1) is 17.3. The van der Waals surface area contributed by atoms with Gasteiger partial charge in [0.1, 0.15) is 19.3 Å². The van der Waals surface area contributed by atoms with Crippen molar-refractivity contribution in [2.24, 2.45) is 0 Å². The summed E-state index contributed by atoms with van der Waals surface area (Å²) in [5, 5.41) is 15.4. The third-order valence-corrected chi connectivity index (χ3v) is 5.46. The molecule has 0 saturated heterocycles. The fourth-order valence-corrected chi connectivity index (χ4v) is 3.74. The van der Waals surface area contributed by atoms with Gasteiger partial charge in [-0.05, 0) is 37.6 Å². The van der Waals surface area contributed by atoms with Crippen LogP contribution in [0.4, 0.5) is 26.0 Å². The van der Waals surface area contributed by atoms with Gasteiger partial charge in [0.05, 0.1) is 17.6 Å². The number of nitrogens with zero attached hydrogens (tertiary/aromatic N) is 6. The molecule has 7 nitrogen and oxygen atoms in total. The van der Waals surface area contributed by atoms with Crippen LogP contribution in [0.1, 0.15) is 23.8 Å². The van der Waals surface area contributed by atoms with Crippen LogP contribution in [-0.2, 0) is 13.0 Å². The number of rotatable bonds is 3. The quantitative estimate of drug-likeness (QED) is 0.557. The van der Waals surface area contributed by atoms with E-state index >= 15 is 0 Å². The number of fused-ring (bicyclic) bond motifs is 2. The Morgan fingerprint density at radius 1 is 1.17 bits per heavy atom. The number of pyridine rings is 1. The van der Waals surface area contributed by atoms with Crippen LogP contribution < -0.4 is 10.2 Å². The van der Waals surface area contributed by atoms with Crippen LogP contribution in [0.2, 0.25) is 0 Å². The first-order chi connectivity index (χ1) is 14.9. The Hall–Kier alpha value is -3.62. The molecule has 0 unspecified atom stereocenters. The highest BCUT2D eigenvalue weighted by Gasteiger charge is 2.22. The summed E-state index contributed by atoms with van der Waals surface area (Å²) in [5.74, 6) is -0.293. The maximum atomic E-state index is 14.0. The average Bonchev–Trinajstić information content (AvgIpc) is 3.13. The second-order valence-corrected chi connectivity index (χ2v) is 7.36. The SMILES string of the molecule is [2H]c1nnc2c(C)c(C)c(N3CCc4ncc(Nc5cc(F)ccc5F)cc4C3)nn12. The van der Waals surface area contributed by atoms with E-state index in [1.165, 1.54) is 4.52 Å². The molecule has 1 aromatic carbocycles. The molecule has 0 atom stereocenters. The topological polar surface area (TPSA) is 71.2 Å². The van der Waals surface area contributed by atoms with E-state index in [1.54, 1.807) is 6.20 Å². The normalized spacial score (nSPS) is 14.0. The van der Waals surface area contributed by atoms with E-state index < -0.39 is 11.6 Å². The van der Waals surface area contributed by atoms with Gasteiger partial charge in [-0.3, -0.25) is 4.98 Å². The van der Waals surface area contributed by atoms with E-state index in [2.05, 4.69) is 30.5 Å². The van der Waals surface area contributed by atoms with Crippen LogP contribution in [0.15, 0.2) is 36.8 Å². The molecule has 1 aliphatic heterocycles. The number of halogens is 2. The lowest BCUT2D eigenvalue weighted by molar-refractivity contribution is 0.603. The molecule has 3 aromatic heterocycles. The molecule has 4 aromatic rings. The lowest BCUT2D eigenvalue weighted by Gasteiger charge is -2.30. The molecule has 152 valence electrons. The highest BCUT2D eigenvalue weighted by Crippen LogP contribution is 2.29. The van der Waals surface area contributed by atoms with Gasteiger partial charge in [-0.25, -0.2) is 8.78 Å². The largest absolute Gasteiger partial charge is 0.352 e. The van der Waals surface area contributed by atoms with Crippen LogP contribution in [0.3, 0.4) is 0 Å². The second kappa shape index (κ2) is 7.01. The van der Waals surface area contributed by atoms with Gasteiger partial charge in [-0.1, -0.05) is 0 Å². The van der Waals surface area contributed by atoms with Gasteiger partial charge in [-0.15, -0.1) is 15.3 Å². The number of hydrogen-bond donors (Lipinski definition) is 1. The van der Waals surface area contributed by atoms with Crippen molar-refractivity contribution in [1.82, 2.24) is 24.8 Å². The lowest BCUT2D eigenvalue weighted by Crippen LogP contribution is -2.32. The minimum absolute atomic E-state index is 0.0120. The molecule has 0 aliphatic carbocycles. The minimum atomic E-state index is -0.538. The van der Waals surface area contributed by atoms with Crippen molar-refractivity contribution >= 4 is 22.8 Å². The molecule has 9 heteroatoms. The fraction of sp³-hybridized carbons (Fsp3) is 0.238. The first-order valence-electron chi connectivity index (χ1n) is 10.0. The van der Waals surface area contributed by atoms with Crippen LogP contribution >= 0.6 is 0 Å². The van der Waals surface area contributed by atoms with Crippen molar-refractivity contribution in [3.05, 3.63) is 70.8 Å². The summed E-state index contributed by atoms with van der Waals surface area (Å²) >= 11 is 0. The van der Waals surface area contributed by atoms with Gasteiger partial charge < -0.3 is 10.2 Å². The van der Waals surface area contributed by atoms with E-state index in [4.69, 9.17) is 1.37 Å². The van der Waals surface area contributed by atoms with E-state index in [1.807, 2.05) is 19.9 Å². The van der Waals surface area contributed by atoms with Crippen molar-refractivity contribution in [3.8, 4) is 0 Å². The predicted octanol–water partition coefficient (Wildman–Crippen LogP) is 3.72. The molecule has 5 rings (SSSR count). The molecule has 0 bridgehead atoms. The van der Waals surface area contributed by atoms with E-state index in [0.29, 0.717) is 17.9 Å². The van der Waals surface area contributed by atoms with Crippen LogP contribution in [0.25, 0.3) is 5.65 Å². The Labute approximate surface area is 172 Å². The zero-order valence-corrected chi connectivity index (χ0v) is 16.4. The molecule has 30 heavy (non-hydrogen) atoms. The maximum Gasteiger partial charge on any atom is 0.180 e. The Kier molecular flexibility index (Phi) is 4.03. The molecule has 0 saturated carbocycles. The number of anilines is 3. The molecular weight excluding hydrogens is 388 g/mol. The molecule has 0 fully saturated rings. The zero-order valence-electron chi connectivity index (χ0n) is 17.4. The standard InChI is InChI=1S/C21H19F2N7/c1-12-13(2)21(28-30-11-25-27-20(12)30)29-6-5-18-14(10-29)7-16(9-24-18)26-19-8-15(22)3-4-17(19)23/h3-4,7-9,11,26H,5-6,10H2,1-2H3/i11D. The zero-order chi connectivity index (χ0) is 21.7. The monoisotopic (exact) mass is 408 g/mol. The van der Waals surface area contributed by atoms with Gasteiger partial charge in [-0.2, -0.15) is 4.52 Å². The Balaban J connectivity index is 1.47. The van der Waals surface area contributed by atoms with Crippen molar-refractivity contribution in [1.29, 1.82) is 0 Å². The predicted molar refractivity (Wildman–Crippen MR) is 109 cm³/mol. The van der Waals surface area contributed by atoms with Crippen LogP contribution in [0.5, 0.6) is 0 Å². The van der Waals surface area contributed by atoms with Crippen LogP contribution in [-0.4, -0.2) is 31.3 Å². The smallest absolute Gasteiger partial charge is 0.180 e. The molecule has 0 radical (unpaired) electrons. The summed E-state index contributed by atoms with van der Waals surface area (Å²) in [5.41, 5.74) is 5.06. The summed E-state index contributed by atoms with van der Waals surface area (Å²) in [7, 11) is 0. The lowest BCUT2D eigenvalue weighted by atomic mass is 10.0. The molecular formula is C21H19F2N7. The number of aromatic nitrogens is 5. The van der Waals surface area contributed by atoms with Gasteiger partial charge in [0.25, 0.3) is 0 Å². The van der Waals surface area contributed by atoms with Gasteiger partial charge in [0.2, 0.25) is 0 Å². The minimum Gasteiger partial charge on any atom is -0.352 e. The number of benzene rings is 1. The average molecular weight is 408 g/mol. The fourth-order valence-electron chi connectivity index (χ4n) is 3.74. The van der Waals surface area contributed by atoms with Gasteiger partial charge >= 0.3 is 0 Å². The summed E-state index contributed by atoms with van der Waals surface area (Å²) in [6.07, 6.45) is 2.34. The summed E-state index contributed by atoms with van der Waals surface area (Å²) in [6, 6.07) is 5.18. The van der Waals surface area contributed by atoms with E-state index in [9.17, 15) is 8.78 Å². The molecule has 1 aliphatic rings. The highest BCUT2D eigenvalue weighted by atomic mass is 19.1. The molecule has 4 heterocycles. The first-order valence-corrected chi connectivity index (χ1v) is 9.55. The van der Waals surface area contributed by atoms with Crippen molar-refractivity contribution in [2.45, 2.75) is 26.8 Å². The number of nitrogens with one attached hydrogen (secondary N) is 1. The highest BCUT2D eigenvalue weighted by molar-refractivity contribution is 5.62. The number of hydrogen-bond acceptors (Lipinski definition) is 6. The van der Waals surface area contributed by atoms with Crippen molar-refractivity contribution in [2.75, 3.05) is 16.8 Å². The number of aryl methyl sites for hydroxylation is 1. The Morgan fingerprint density at radius 2 is 2.03 bits per heavy atom. The summed E-state index contributed by atoms with van der Waals surface area (Å²) in [6.45, 7) is 5.20. The maximum absolute atomic E-state index is 14.0. The second-order valence-electron chi connectivity index (χ2n) is 7.36. The van der Waals surface area contributed by atoms with Crippen LogP contribution in [0, 0.1) is 25.5 Å². The van der Waals surface area contributed by atoms with Crippen molar-refractivity contribution < 1.29 is 10.2 Å². The molecule has 0 spiro atoms. The van der Waals surface area contributed by atoms with E-state index in [0.717, 1.165) is 59.4 Å². The van der Waals surface area contributed by atoms with Gasteiger partial charge in [0.15, 0.2) is 11.5 Å². The van der Waals surface area contributed by atoms with E-state index in [-0.39, 0.29) is 12.0 Å². The third-order valence-electron chi connectivity index (χ3n) is 5.46. The Morgan fingerprint density at radius 3 is 2.90 bits per heavy atom. The molecule has 1 N–H and O–H groups in total. The van der Waals surface area contributed by atoms with Gasteiger partial charge in [0, 0.05) is 42.4 Å². The Bertz CT molecular complexity index is 1320.